The molecule has 0 aromatic rings. The van der Waals surface area contributed by atoms with Gasteiger partial charge < -0.3 is 29.9 Å². The van der Waals surface area contributed by atoms with E-state index in [0.29, 0.717) is 25.7 Å². The summed E-state index contributed by atoms with van der Waals surface area (Å²) in [7, 11) is 0. The second-order valence-corrected chi connectivity index (χ2v) is 11.2. The monoisotopic (exact) mass is 766 g/mol. The lowest BCUT2D eigenvalue weighted by molar-refractivity contribution is -0.461. The van der Waals surface area contributed by atoms with E-state index in [9.17, 15) is 99.9 Å². The van der Waals surface area contributed by atoms with Crippen LogP contribution in [0.2, 0.25) is 0 Å². The maximum atomic E-state index is 13.9. The molecular weight excluding hydrogens is 735 g/mol. The molecule has 1 heterocycles. The van der Waals surface area contributed by atoms with E-state index in [4.69, 9.17) is 4.74 Å². The molecule has 1 fully saturated rings. The van der Waals surface area contributed by atoms with Gasteiger partial charge in [0.2, 0.25) is 0 Å². The second-order valence-electron chi connectivity index (χ2n) is 11.2. The van der Waals surface area contributed by atoms with Crippen LogP contribution in [-0.4, -0.2) is 111 Å². The Labute approximate surface area is 265 Å². The molecule has 49 heavy (non-hydrogen) atoms. The van der Waals surface area contributed by atoms with Crippen LogP contribution in [0.25, 0.3) is 0 Å². The van der Waals surface area contributed by atoms with E-state index in [0.717, 1.165) is 0 Å². The molecule has 0 unspecified atom stereocenters. The Morgan fingerprint density at radius 2 is 0.918 bits per heavy atom. The van der Waals surface area contributed by atoms with Crippen LogP contribution >= 0.6 is 0 Å². The molecule has 0 aliphatic carbocycles. The Balaban J connectivity index is 2.52. The van der Waals surface area contributed by atoms with Crippen LogP contribution in [0.15, 0.2) is 0 Å². The van der Waals surface area contributed by atoms with E-state index in [1.54, 1.807) is 0 Å². The number of aliphatic hydroxyl groups excluding tert-OH is 4. The third-order valence-electron chi connectivity index (χ3n) is 7.49. The zero-order valence-electron chi connectivity index (χ0n) is 24.6. The van der Waals surface area contributed by atoms with Crippen molar-refractivity contribution in [1.29, 1.82) is 0 Å². The van der Waals surface area contributed by atoms with Crippen LogP contribution in [-0.2, 0) is 14.3 Å². The third kappa shape index (κ3) is 8.76. The number of unbranched alkanes of at least 4 members (excludes halogenated alkanes) is 8. The molecule has 0 aromatic carbocycles. The van der Waals surface area contributed by atoms with Crippen molar-refractivity contribution in [2.45, 2.75) is 143 Å². The SMILES string of the molecule is O=C(OCCCCCCCCCCCC(F)(F)C(F)(F)C(F)(F)C(F)(F)C(F)(F)C(F)(F)C(F)(F)C(F)(F)F)[C@@H](O)[C@H]1O[C@@H](O)[C@H](O)[C@H]1O. The van der Waals surface area contributed by atoms with Crippen molar-refractivity contribution < 1.29 is 109 Å². The summed E-state index contributed by atoms with van der Waals surface area (Å²) < 4.78 is 236. The molecule has 0 spiro atoms. The summed E-state index contributed by atoms with van der Waals surface area (Å²) in [5.74, 6) is -57.5. The highest BCUT2D eigenvalue weighted by Gasteiger charge is 2.95. The second kappa shape index (κ2) is 15.8. The highest BCUT2D eigenvalue weighted by atomic mass is 19.4. The van der Waals surface area contributed by atoms with E-state index in [2.05, 4.69) is 4.74 Å². The van der Waals surface area contributed by atoms with Gasteiger partial charge in [-0.2, -0.15) is 74.6 Å². The molecule has 4 N–H and O–H groups in total. The molecule has 1 saturated heterocycles. The molecule has 7 nitrogen and oxygen atoms in total. The van der Waals surface area contributed by atoms with Crippen molar-refractivity contribution in [2.24, 2.45) is 0 Å². The van der Waals surface area contributed by atoms with Crippen LogP contribution in [0.4, 0.5) is 74.6 Å². The summed E-state index contributed by atoms with van der Waals surface area (Å²) >= 11 is 0. The molecule has 292 valence electrons. The highest BCUT2D eigenvalue weighted by molar-refractivity contribution is 5.75. The van der Waals surface area contributed by atoms with Crippen molar-refractivity contribution in [1.82, 2.24) is 0 Å². The first-order valence-electron chi connectivity index (χ1n) is 14.1. The lowest BCUT2D eigenvalue weighted by atomic mass is 9.87. The van der Waals surface area contributed by atoms with Crippen LogP contribution < -0.4 is 0 Å². The predicted molar refractivity (Wildman–Crippen MR) is 127 cm³/mol. The average Bonchev–Trinajstić information content (AvgIpc) is 3.22. The van der Waals surface area contributed by atoms with Crippen LogP contribution in [0.1, 0.15) is 64.2 Å². The van der Waals surface area contributed by atoms with E-state index in [1.807, 2.05) is 0 Å². The van der Waals surface area contributed by atoms with Gasteiger partial charge in [0.25, 0.3) is 0 Å². The van der Waals surface area contributed by atoms with Gasteiger partial charge in [0.15, 0.2) is 12.4 Å². The fourth-order valence-electron chi connectivity index (χ4n) is 4.38. The zero-order chi connectivity index (χ0) is 38.7. The summed E-state index contributed by atoms with van der Waals surface area (Å²) in [6, 6.07) is 0. The molecule has 24 heteroatoms. The number of hydrogen-bond acceptors (Lipinski definition) is 7. The fourth-order valence-corrected chi connectivity index (χ4v) is 4.38. The fraction of sp³-hybridized carbons (Fsp3) is 0.960. The van der Waals surface area contributed by atoms with Gasteiger partial charge in [0.1, 0.15) is 18.3 Å². The number of alkyl halides is 17. The minimum Gasteiger partial charge on any atom is -0.464 e. The van der Waals surface area contributed by atoms with E-state index < -0.39 is 104 Å². The summed E-state index contributed by atoms with van der Waals surface area (Å²) in [5.41, 5.74) is 0. The van der Waals surface area contributed by atoms with E-state index in [-0.39, 0.29) is 25.9 Å². The minimum absolute atomic E-state index is 0.0704. The van der Waals surface area contributed by atoms with Gasteiger partial charge in [-0.05, 0) is 12.8 Å². The third-order valence-corrected chi connectivity index (χ3v) is 7.49. The number of carbonyl (C=O) groups is 1. The molecule has 1 aliphatic heterocycles. The Morgan fingerprint density at radius 1 is 0.551 bits per heavy atom. The van der Waals surface area contributed by atoms with Crippen LogP contribution in [0, 0.1) is 0 Å². The maximum Gasteiger partial charge on any atom is 0.460 e. The Morgan fingerprint density at radius 3 is 1.31 bits per heavy atom. The first kappa shape index (κ1) is 45.1. The Kier molecular flexibility index (Phi) is 14.5. The first-order valence-corrected chi connectivity index (χ1v) is 14.1. The van der Waals surface area contributed by atoms with Gasteiger partial charge in [0.05, 0.1) is 6.61 Å². The minimum atomic E-state index is -8.64. The van der Waals surface area contributed by atoms with Crippen molar-refractivity contribution in [3.05, 3.63) is 0 Å². The lowest BCUT2D eigenvalue weighted by Gasteiger charge is -2.42. The predicted octanol–water partition coefficient (Wildman–Crippen LogP) is 6.24. The van der Waals surface area contributed by atoms with Gasteiger partial charge in [0, 0.05) is 6.42 Å². The number of rotatable bonds is 20. The van der Waals surface area contributed by atoms with Crippen LogP contribution in [0.5, 0.6) is 0 Å². The average molecular weight is 766 g/mol. The van der Waals surface area contributed by atoms with Crippen molar-refractivity contribution >= 4 is 5.97 Å². The molecule has 5 atom stereocenters. The Bertz CT molecular complexity index is 1070. The van der Waals surface area contributed by atoms with Gasteiger partial charge in [-0.3, -0.25) is 0 Å². The summed E-state index contributed by atoms with van der Waals surface area (Å²) in [4.78, 5) is 11.8. The molecule has 1 rings (SSSR count). The standard InChI is InChI=1S/C25H31F17O7/c26-18(27,19(28,29)20(30,31)21(32,33)22(34,35)23(36,37)24(38,39)25(40,41)42)10-8-6-4-2-1-3-5-7-9-11-48-16(46)14(45)15-12(43)13(44)17(47)49-15/h12-15,17,43-45,47H,1-11H2/t12-,13-,14+,15+,17-/m1/s1. The molecule has 0 radical (unpaired) electrons. The number of esters is 1. The van der Waals surface area contributed by atoms with Gasteiger partial charge in [-0.15, -0.1) is 0 Å². The first-order chi connectivity index (χ1) is 21.9. The lowest BCUT2D eigenvalue weighted by Crippen LogP contribution is -2.74. The van der Waals surface area contributed by atoms with Gasteiger partial charge in [-0.1, -0.05) is 44.9 Å². The summed E-state index contributed by atoms with van der Waals surface area (Å²) in [6.45, 7) is -0.215. The van der Waals surface area contributed by atoms with Crippen molar-refractivity contribution in [3.8, 4) is 0 Å². The largest absolute Gasteiger partial charge is 0.464 e. The molecule has 0 saturated carbocycles. The van der Waals surface area contributed by atoms with Crippen LogP contribution in [0.3, 0.4) is 0 Å². The summed E-state index contributed by atoms with van der Waals surface area (Å²) in [6.07, 6.45) is -18.9. The van der Waals surface area contributed by atoms with Gasteiger partial charge in [-0.25, -0.2) is 4.79 Å². The zero-order valence-corrected chi connectivity index (χ0v) is 24.6. The Hall–Kier alpha value is -1.92. The maximum absolute atomic E-state index is 13.9. The topological polar surface area (TPSA) is 116 Å². The van der Waals surface area contributed by atoms with Crippen molar-refractivity contribution in [3.63, 3.8) is 0 Å². The summed E-state index contributed by atoms with van der Waals surface area (Å²) in [5, 5.41) is 38.0. The molecule has 0 amide bonds. The van der Waals surface area contributed by atoms with Gasteiger partial charge >= 0.3 is 53.6 Å². The van der Waals surface area contributed by atoms with E-state index >= 15 is 0 Å². The molecule has 0 aromatic heterocycles. The number of halogens is 17. The number of carbonyl (C=O) groups excluding carboxylic acids is 1. The normalized spacial score (nSPS) is 22.8. The quantitative estimate of drug-likeness (QED) is 0.0659. The highest BCUT2D eigenvalue weighted by Crippen LogP contribution is 2.64. The number of hydrogen-bond donors (Lipinski definition) is 4. The van der Waals surface area contributed by atoms with E-state index in [1.165, 1.54) is 0 Å². The molecule has 0 bridgehead atoms. The number of ether oxygens (including phenoxy) is 2. The molecular formula is C25H31F17O7. The van der Waals surface area contributed by atoms with Crippen molar-refractivity contribution in [2.75, 3.05) is 6.61 Å². The molecule has 1 aliphatic rings. The number of aliphatic hydroxyl groups is 4. The smallest absolute Gasteiger partial charge is 0.460 e.